The second-order valence-corrected chi connectivity index (χ2v) is 7.30. The summed E-state index contributed by atoms with van der Waals surface area (Å²) in [6.45, 7) is 0.867. The number of nitrogens with two attached hydrogens (primary N) is 1. The van der Waals surface area contributed by atoms with Gasteiger partial charge in [0.2, 0.25) is 0 Å². The number of hydrogen-bond donors (Lipinski definition) is 2. The van der Waals surface area contributed by atoms with Gasteiger partial charge in [-0.2, -0.15) is 0 Å². The summed E-state index contributed by atoms with van der Waals surface area (Å²) >= 11 is 1.17. The highest BCUT2D eigenvalue weighted by atomic mass is 32.2. The zero-order valence-corrected chi connectivity index (χ0v) is 13.3. The van der Waals surface area contributed by atoms with Crippen LogP contribution in [0.5, 0.6) is 0 Å². The number of ether oxygens (including phenoxy) is 1. The van der Waals surface area contributed by atoms with Gasteiger partial charge in [-0.1, -0.05) is 18.2 Å². The van der Waals surface area contributed by atoms with Crippen LogP contribution in [0.3, 0.4) is 0 Å². The Morgan fingerprint density at radius 1 is 1.33 bits per heavy atom. The molecule has 0 aliphatic heterocycles. The molecule has 5 nitrogen and oxygen atoms in total. The van der Waals surface area contributed by atoms with Crippen molar-refractivity contribution in [2.75, 3.05) is 18.4 Å². The molecule has 0 atom stereocenters. The van der Waals surface area contributed by atoms with Crippen molar-refractivity contribution in [2.24, 2.45) is 5.73 Å². The molecule has 0 saturated heterocycles. The smallest absolute Gasteiger partial charge is 0.271 e. The Balaban J connectivity index is 2.24. The molecular weight excluding hydrogens is 308 g/mol. The van der Waals surface area contributed by atoms with E-state index in [1.165, 1.54) is 11.3 Å². The molecule has 3 N–H and O–H groups in total. The van der Waals surface area contributed by atoms with Gasteiger partial charge in [-0.05, 0) is 35.1 Å². The molecule has 0 unspecified atom stereocenters. The van der Waals surface area contributed by atoms with Gasteiger partial charge in [0.25, 0.3) is 10.0 Å². The summed E-state index contributed by atoms with van der Waals surface area (Å²) in [4.78, 5) is 0. The molecule has 0 aliphatic rings. The van der Waals surface area contributed by atoms with Crippen molar-refractivity contribution in [3.8, 4) is 0 Å². The van der Waals surface area contributed by atoms with Crippen LogP contribution in [0.4, 0.5) is 5.69 Å². The van der Waals surface area contributed by atoms with E-state index in [1.54, 1.807) is 30.7 Å². The number of para-hydroxylation sites is 1. The highest BCUT2D eigenvalue weighted by molar-refractivity contribution is 7.94. The van der Waals surface area contributed by atoms with Crippen LogP contribution >= 0.6 is 11.3 Å². The van der Waals surface area contributed by atoms with Crippen molar-refractivity contribution in [1.82, 2.24) is 0 Å². The first-order valence-corrected chi connectivity index (χ1v) is 8.80. The van der Waals surface area contributed by atoms with E-state index in [0.717, 1.165) is 11.1 Å². The number of benzene rings is 1. The molecule has 0 fully saturated rings. The van der Waals surface area contributed by atoms with Crippen LogP contribution in [0.15, 0.2) is 39.9 Å². The lowest BCUT2D eigenvalue weighted by molar-refractivity contribution is 0.202. The number of nitrogens with one attached hydrogen (secondary N) is 1. The van der Waals surface area contributed by atoms with E-state index < -0.39 is 10.0 Å². The van der Waals surface area contributed by atoms with Crippen LogP contribution in [0.2, 0.25) is 0 Å². The first-order valence-electron chi connectivity index (χ1n) is 6.44. The Morgan fingerprint density at radius 3 is 2.76 bits per heavy atom. The molecular formula is C14H18N2O3S2. The van der Waals surface area contributed by atoms with Crippen LogP contribution in [0, 0.1) is 0 Å². The maximum absolute atomic E-state index is 12.4. The standard InChI is InChI=1S/C14H18N2O3S2/c1-19-7-6-12-4-2-3-5-13(12)16-21(17,18)14-8-11(9-15)10-20-14/h2-5,8,10,16H,6-7,9,15H2,1H3. The van der Waals surface area contributed by atoms with Gasteiger partial charge < -0.3 is 10.5 Å². The molecule has 21 heavy (non-hydrogen) atoms. The second kappa shape index (κ2) is 7.04. The minimum absolute atomic E-state index is 0.268. The summed E-state index contributed by atoms with van der Waals surface area (Å²) < 4.78 is 32.7. The normalized spacial score (nSPS) is 11.5. The van der Waals surface area contributed by atoms with Crippen LogP contribution in [0.1, 0.15) is 11.1 Å². The molecule has 7 heteroatoms. The zero-order valence-electron chi connectivity index (χ0n) is 11.7. The van der Waals surface area contributed by atoms with Gasteiger partial charge in [0.05, 0.1) is 12.3 Å². The third kappa shape index (κ3) is 4.04. The Bertz CT molecular complexity index is 696. The fourth-order valence-corrected chi connectivity index (χ4v) is 4.17. The minimum Gasteiger partial charge on any atom is -0.384 e. The molecule has 2 aromatic rings. The molecule has 2 rings (SSSR count). The SMILES string of the molecule is COCCc1ccccc1NS(=O)(=O)c1cc(CN)cs1. The molecule has 0 bridgehead atoms. The number of thiophene rings is 1. The van der Waals surface area contributed by atoms with Gasteiger partial charge in [-0.25, -0.2) is 8.42 Å². The topological polar surface area (TPSA) is 81.4 Å². The Kier molecular flexibility index (Phi) is 5.35. The van der Waals surface area contributed by atoms with Gasteiger partial charge >= 0.3 is 0 Å². The van der Waals surface area contributed by atoms with Crippen molar-refractivity contribution >= 4 is 27.0 Å². The van der Waals surface area contributed by atoms with E-state index in [9.17, 15) is 8.42 Å². The molecule has 0 saturated carbocycles. The number of anilines is 1. The monoisotopic (exact) mass is 326 g/mol. The maximum Gasteiger partial charge on any atom is 0.271 e. The summed E-state index contributed by atoms with van der Waals surface area (Å²) in [5.41, 5.74) is 7.81. The lowest BCUT2D eigenvalue weighted by Crippen LogP contribution is -2.13. The Morgan fingerprint density at radius 2 is 2.10 bits per heavy atom. The quantitative estimate of drug-likeness (QED) is 0.817. The van der Waals surface area contributed by atoms with Crippen LogP contribution < -0.4 is 10.5 Å². The second-order valence-electron chi connectivity index (χ2n) is 4.48. The molecule has 0 amide bonds. The molecule has 0 radical (unpaired) electrons. The largest absolute Gasteiger partial charge is 0.384 e. The van der Waals surface area contributed by atoms with Crippen molar-refractivity contribution < 1.29 is 13.2 Å². The minimum atomic E-state index is -3.58. The predicted molar refractivity (Wildman–Crippen MR) is 85.0 cm³/mol. The number of methoxy groups -OCH3 is 1. The van der Waals surface area contributed by atoms with Gasteiger partial charge in [-0.3, -0.25) is 4.72 Å². The predicted octanol–water partition coefficient (Wildman–Crippen LogP) is 2.20. The molecule has 0 spiro atoms. The Hall–Kier alpha value is -1.41. The van der Waals surface area contributed by atoms with Crippen molar-refractivity contribution in [2.45, 2.75) is 17.2 Å². The average Bonchev–Trinajstić information content (AvgIpc) is 2.96. The van der Waals surface area contributed by atoms with E-state index in [1.807, 2.05) is 12.1 Å². The summed E-state index contributed by atoms with van der Waals surface area (Å²) in [7, 11) is -1.96. The van der Waals surface area contributed by atoms with Crippen LogP contribution in [0.25, 0.3) is 0 Å². The first kappa shape index (κ1) is 16.0. The zero-order chi connectivity index (χ0) is 15.3. The third-order valence-corrected chi connectivity index (χ3v) is 5.82. The van der Waals surface area contributed by atoms with Gasteiger partial charge in [-0.15, -0.1) is 11.3 Å². The summed E-state index contributed by atoms with van der Waals surface area (Å²) in [5, 5.41) is 1.76. The molecule has 1 heterocycles. The number of rotatable bonds is 7. The molecule has 1 aromatic carbocycles. The Labute approximate surface area is 128 Å². The molecule has 1 aromatic heterocycles. The maximum atomic E-state index is 12.4. The molecule has 0 aliphatic carbocycles. The lowest BCUT2D eigenvalue weighted by Gasteiger charge is -2.11. The first-order chi connectivity index (χ1) is 10.1. The molecule has 114 valence electrons. The fourth-order valence-electron chi connectivity index (χ4n) is 1.85. The lowest BCUT2D eigenvalue weighted by atomic mass is 10.1. The number of hydrogen-bond acceptors (Lipinski definition) is 5. The highest BCUT2D eigenvalue weighted by Crippen LogP contribution is 2.25. The van der Waals surface area contributed by atoms with Gasteiger partial charge in [0.15, 0.2) is 0 Å². The highest BCUT2D eigenvalue weighted by Gasteiger charge is 2.18. The van der Waals surface area contributed by atoms with Crippen molar-refractivity contribution in [3.05, 3.63) is 46.8 Å². The van der Waals surface area contributed by atoms with E-state index in [-0.39, 0.29) is 4.21 Å². The summed E-state index contributed by atoms with van der Waals surface area (Å²) in [5.74, 6) is 0. The van der Waals surface area contributed by atoms with Crippen molar-refractivity contribution in [1.29, 1.82) is 0 Å². The average molecular weight is 326 g/mol. The van der Waals surface area contributed by atoms with E-state index in [0.29, 0.717) is 25.3 Å². The van der Waals surface area contributed by atoms with Gasteiger partial charge in [0.1, 0.15) is 4.21 Å². The van der Waals surface area contributed by atoms with E-state index in [2.05, 4.69) is 4.72 Å². The summed E-state index contributed by atoms with van der Waals surface area (Å²) in [6, 6.07) is 8.91. The van der Waals surface area contributed by atoms with Gasteiger partial charge in [0, 0.05) is 13.7 Å². The third-order valence-electron chi connectivity index (χ3n) is 2.97. The number of sulfonamides is 1. The van der Waals surface area contributed by atoms with E-state index >= 15 is 0 Å². The van der Waals surface area contributed by atoms with Crippen LogP contribution in [-0.2, 0) is 27.7 Å². The van der Waals surface area contributed by atoms with Crippen molar-refractivity contribution in [3.63, 3.8) is 0 Å². The summed E-state index contributed by atoms with van der Waals surface area (Å²) in [6.07, 6.45) is 0.647. The van der Waals surface area contributed by atoms with E-state index in [4.69, 9.17) is 10.5 Å². The fraction of sp³-hybridized carbons (Fsp3) is 0.286. The van der Waals surface area contributed by atoms with Crippen LogP contribution in [-0.4, -0.2) is 22.1 Å².